The molecule has 0 amide bonds. The highest BCUT2D eigenvalue weighted by molar-refractivity contribution is 5.97. The fourth-order valence-corrected chi connectivity index (χ4v) is 1.73. The standard InChI is InChI=1S/C15H21NO/c1-4-8-16-11-15(17)14-7-5-6-13(10-14)9-12(2)3/h4-7,10,12,16H,1,8-9,11H2,2-3H3. The third-order valence-electron chi connectivity index (χ3n) is 2.47. The lowest BCUT2D eigenvalue weighted by Crippen LogP contribution is -2.23. The maximum atomic E-state index is 11.9. The molecule has 0 fully saturated rings. The fourth-order valence-electron chi connectivity index (χ4n) is 1.73. The normalized spacial score (nSPS) is 10.5. The number of hydrogen-bond donors (Lipinski definition) is 1. The van der Waals surface area contributed by atoms with E-state index in [2.05, 4.69) is 31.8 Å². The molecule has 0 bridgehead atoms. The lowest BCUT2D eigenvalue weighted by Gasteiger charge is -2.07. The van der Waals surface area contributed by atoms with Gasteiger partial charge in [0.05, 0.1) is 6.54 Å². The van der Waals surface area contributed by atoms with Gasteiger partial charge in [-0.05, 0) is 24.0 Å². The van der Waals surface area contributed by atoms with E-state index < -0.39 is 0 Å². The molecule has 1 aromatic rings. The Morgan fingerprint density at radius 2 is 2.24 bits per heavy atom. The summed E-state index contributed by atoms with van der Waals surface area (Å²) >= 11 is 0. The summed E-state index contributed by atoms with van der Waals surface area (Å²) in [6.07, 6.45) is 2.77. The Labute approximate surface area is 104 Å². The predicted octanol–water partition coefficient (Wildman–Crippen LogP) is 2.84. The molecule has 1 aromatic carbocycles. The molecule has 0 aromatic heterocycles. The number of hydrogen-bond acceptors (Lipinski definition) is 2. The Balaban J connectivity index is 2.63. The Hall–Kier alpha value is -1.41. The van der Waals surface area contributed by atoms with E-state index in [-0.39, 0.29) is 5.78 Å². The molecule has 0 atom stereocenters. The zero-order chi connectivity index (χ0) is 12.7. The molecule has 1 rings (SSSR count). The lowest BCUT2D eigenvalue weighted by molar-refractivity contribution is 0.0992. The molecule has 0 aliphatic rings. The van der Waals surface area contributed by atoms with Gasteiger partial charge in [0.25, 0.3) is 0 Å². The number of benzene rings is 1. The molecule has 0 radical (unpaired) electrons. The third-order valence-corrected chi connectivity index (χ3v) is 2.47. The van der Waals surface area contributed by atoms with Crippen LogP contribution < -0.4 is 5.32 Å². The van der Waals surface area contributed by atoms with Crippen molar-refractivity contribution in [3.05, 3.63) is 48.0 Å². The van der Waals surface area contributed by atoms with Gasteiger partial charge in [-0.1, -0.05) is 38.1 Å². The van der Waals surface area contributed by atoms with Crippen LogP contribution in [0.1, 0.15) is 29.8 Å². The van der Waals surface area contributed by atoms with Crippen molar-refractivity contribution in [1.29, 1.82) is 0 Å². The summed E-state index contributed by atoms with van der Waals surface area (Å²) < 4.78 is 0. The van der Waals surface area contributed by atoms with Crippen LogP contribution in [0.15, 0.2) is 36.9 Å². The number of carbonyl (C=O) groups excluding carboxylic acids is 1. The van der Waals surface area contributed by atoms with Gasteiger partial charge >= 0.3 is 0 Å². The van der Waals surface area contributed by atoms with Crippen molar-refractivity contribution in [3.8, 4) is 0 Å². The van der Waals surface area contributed by atoms with Crippen LogP contribution in [0.2, 0.25) is 0 Å². The molecule has 2 nitrogen and oxygen atoms in total. The van der Waals surface area contributed by atoms with Crippen molar-refractivity contribution >= 4 is 5.78 Å². The van der Waals surface area contributed by atoms with E-state index in [1.54, 1.807) is 6.08 Å². The smallest absolute Gasteiger partial charge is 0.176 e. The molecule has 0 aliphatic carbocycles. The van der Waals surface area contributed by atoms with Crippen LogP contribution in [0.4, 0.5) is 0 Å². The molecular formula is C15H21NO. The minimum absolute atomic E-state index is 0.137. The first-order chi connectivity index (χ1) is 8.13. The van der Waals surface area contributed by atoms with Crippen LogP contribution in [0.3, 0.4) is 0 Å². The van der Waals surface area contributed by atoms with Crippen molar-refractivity contribution in [1.82, 2.24) is 5.32 Å². The zero-order valence-electron chi connectivity index (χ0n) is 10.7. The first-order valence-corrected chi connectivity index (χ1v) is 6.07. The summed E-state index contributed by atoms with van der Waals surface area (Å²) in [5.74, 6) is 0.747. The Bertz CT molecular complexity index is 382. The van der Waals surface area contributed by atoms with Gasteiger partial charge in [-0.15, -0.1) is 6.58 Å². The minimum atomic E-state index is 0.137. The number of ketones is 1. The van der Waals surface area contributed by atoms with Crippen LogP contribution >= 0.6 is 0 Å². The van der Waals surface area contributed by atoms with Crippen LogP contribution in [-0.2, 0) is 6.42 Å². The van der Waals surface area contributed by atoms with Crippen molar-refractivity contribution in [2.45, 2.75) is 20.3 Å². The average molecular weight is 231 g/mol. The fraction of sp³-hybridized carbons (Fsp3) is 0.400. The quantitative estimate of drug-likeness (QED) is 0.444. The van der Waals surface area contributed by atoms with Gasteiger partial charge in [0, 0.05) is 12.1 Å². The Kier molecular flexibility index (Phi) is 5.64. The number of nitrogens with one attached hydrogen (secondary N) is 1. The summed E-state index contributed by atoms with van der Waals surface area (Å²) in [6, 6.07) is 7.91. The minimum Gasteiger partial charge on any atom is -0.306 e. The van der Waals surface area contributed by atoms with E-state index in [1.807, 2.05) is 18.2 Å². The van der Waals surface area contributed by atoms with E-state index in [1.165, 1.54) is 5.56 Å². The van der Waals surface area contributed by atoms with E-state index in [4.69, 9.17) is 0 Å². The summed E-state index contributed by atoms with van der Waals surface area (Å²) in [4.78, 5) is 11.9. The van der Waals surface area contributed by atoms with E-state index in [9.17, 15) is 4.79 Å². The van der Waals surface area contributed by atoms with Gasteiger partial charge < -0.3 is 5.32 Å². The monoisotopic (exact) mass is 231 g/mol. The SMILES string of the molecule is C=CCNCC(=O)c1cccc(CC(C)C)c1. The van der Waals surface area contributed by atoms with E-state index in [0.29, 0.717) is 19.0 Å². The average Bonchev–Trinajstić information content (AvgIpc) is 2.28. The van der Waals surface area contributed by atoms with Gasteiger partial charge in [0.15, 0.2) is 5.78 Å². The van der Waals surface area contributed by atoms with Gasteiger partial charge in [0.1, 0.15) is 0 Å². The predicted molar refractivity (Wildman–Crippen MR) is 72.4 cm³/mol. The highest BCUT2D eigenvalue weighted by Gasteiger charge is 2.06. The number of Topliss-reactive ketones (excluding diaryl/α,β-unsaturated/α-hetero) is 1. The van der Waals surface area contributed by atoms with Crippen molar-refractivity contribution in [2.24, 2.45) is 5.92 Å². The zero-order valence-corrected chi connectivity index (χ0v) is 10.7. The second kappa shape index (κ2) is 7.02. The lowest BCUT2D eigenvalue weighted by atomic mass is 10.00. The van der Waals surface area contributed by atoms with Crippen LogP contribution in [0.25, 0.3) is 0 Å². The molecule has 0 saturated carbocycles. The molecule has 0 spiro atoms. The maximum absolute atomic E-state index is 11.9. The van der Waals surface area contributed by atoms with Crippen LogP contribution in [-0.4, -0.2) is 18.9 Å². The van der Waals surface area contributed by atoms with Crippen molar-refractivity contribution in [2.75, 3.05) is 13.1 Å². The van der Waals surface area contributed by atoms with Gasteiger partial charge in [-0.3, -0.25) is 4.79 Å². The molecular weight excluding hydrogens is 210 g/mol. The van der Waals surface area contributed by atoms with Crippen molar-refractivity contribution < 1.29 is 4.79 Å². The Morgan fingerprint density at radius 3 is 2.88 bits per heavy atom. The van der Waals surface area contributed by atoms with Gasteiger partial charge in [0.2, 0.25) is 0 Å². The second-order valence-electron chi connectivity index (χ2n) is 4.64. The number of rotatable bonds is 7. The summed E-state index contributed by atoms with van der Waals surface area (Å²) in [7, 11) is 0. The molecule has 0 saturated heterocycles. The van der Waals surface area contributed by atoms with Gasteiger partial charge in [-0.25, -0.2) is 0 Å². The first kappa shape index (κ1) is 13.7. The summed E-state index contributed by atoms with van der Waals surface area (Å²) in [5, 5.41) is 3.03. The largest absolute Gasteiger partial charge is 0.306 e. The van der Waals surface area contributed by atoms with Crippen LogP contribution in [0, 0.1) is 5.92 Å². The Morgan fingerprint density at radius 1 is 1.47 bits per heavy atom. The molecule has 0 unspecified atom stereocenters. The summed E-state index contributed by atoms with van der Waals surface area (Å²) in [6.45, 7) is 9.00. The highest BCUT2D eigenvalue weighted by Crippen LogP contribution is 2.10. The topological polar surface area (TPSA) is 29.1 Å². The molecule has 0 aliphatic heterocycles. The highest BCUT2D eigenvalue weighted by atomic mass is 16.1. The molecule has 1 N–H and O–H groups in total. The number of carbonyl (C=O) groups is 1. The molecule has 17 heavy (non-hydrogen) atoms. The maximum Gasteiger partial charge on any atom is 0.176 e. The van der Waals surface area contributed by atoms with E-state index >= 15 is 0 Å². The molecule has 0 heterocycles. The van der Waals surface area contributed by atoms with E-state index in [0.717, 1.165) is 12.0 Å². The summed E-state index contributed by atoms with van der Waals surface area (Å²) in [5.41, 5.74) is 2.02. The third kappa shape index (κ3) is 4.96. The molecule has 92 valence electrons. The van der Waals surface area contributed by atoms with Crippen LogP contribution in [0.5, 0.6) is 0 Å². The van der Waals surface area contributed by atoms with Gasteiger partial charge in [-0.2, -0.15) is 0 Å². The first-order valence-electron chi connectivity index (χ1n) is 6.07. The van der Waals surface area contributed by atoms with Crippen molar-refractivity contribution in [3.63, 3.8) is 0 Å². The molecule has 2 heteroatoms. The second-order valence-corrected chi connectivity index (χ2v) is 4.64.